The van der Waals surface area contributed by atoms with Crippen molar-refractivity contribution in [1.82, 2.24) is 4.98 Å². The quantitative estimate of drug-likeness (QED) is 0.434. The van der Waals surface area contributed by atoms with Gasteiger partial charge in [-0.05, 0) is 25.1 Å². The molecule has 9 nitrogen and oxygen atoms in total. The topological polar surface area (TPSA) is 113 Å². The van der Waals surface area contributed by atoms with Crippen molar-refractivity contribution in [3.63, 3.8) is 0 Å². The van der Waals surface area contributed by atoms with E-state index in [0.717, 1.165) is 0 Å². The van der Waals surface area contributed by atoms with Crippen molar-refractivity contribution in [1.29, 1.82) is 0 Å². The molecule has 0 amide bonds. The molecule has 0 unspecified atom stereocenters. The van der Waals surface area contributed by atoms with Gasteiger partial charge in [-0.3, -0.25) is 0 Å². The maximum absolute atomic E-state index is 12.0. The number of cyclic esters (lactones) is 2. The third kappa shape index (κ3) is 5.13. The molecule has 1 N–H and O–H groups in total. The van der Waals surface area contributed by atoms with Crippen LogP contribution >= 0.6 is 0 Å². The molecule has 0 saturated carbocycles. The van der Waals surface area contributed by atoms with Crippen molar-refractivity contribution in [3.8, 4) is 11.6 Å². The van der Waals surface area contributed by atoms with E-state index >= 15 is 0 Å². The summed E-state index contributed by atoms with van der Waals surface area (Å²) in [5, 5.41) is 2.84. The highest BCUT2D eigenvalue weighted by Gasteiger charge is 2.38. The fourth-order valence-electron chi connectivity index (χ4n) is 2.51. The minimum absolute atomic E-state index is 0.206. The van der Waals surface area contributed by atoms with Crippen molar-refractivity contribution >= 4 is 23.6 Å². The van der Waals surface area contributed by atoms with E-state index in [1.54, 1.807) is 31.2 Å². The summed E-state index contributed by atoms with van der Waals surface area (Å²) in [7, 11) is 0. The number of rotatable bonds is 6. The van der Waals surface area contributed by atoms with E-state index in [0.29, 0.717) is 17.0 Å². The Morgan fingerprint density at radius 1 is 1.17 bits per heavy atom. The molecule has 0 aliphatic carbocycles. The molecule has 3 rings (SSSR count). The summed E-state index contributed by atoms with van der Waals surface area (Å²) >= 11 is 0. The van der Waals surface area contributed by atoms with Crippen LogP contribution in [0.5, 0.6) is 11.6 Å². The Morgan fingerprint density at radius 3 is 2.60 bits per heavy atom. The second-order valence-corrected chi connectivity index (χ2v) is 6.61. The number of esters is 3. The molecule has 1 aromatic carbocycles. The highest BCUT2D eigenvalue weighted by atomic mass is 16.7. The largest absolute Gasteiger partial charge is 0.462 e. The number of hydrogen-bond acceptors (Lipinski definition) is 9. The molecule has 1 aliphatic heterocycles. The molecule has 30 heavy (non-hydrogen) atoms. The second kappa shape index (κ2) is 8.64. The molecule has 1 saturated heterocycles. The third-order valence-electron chi connectivity index (χ3n) is 3.80. The van der Waals surface area contributed by atoms with Crippen LogP contribution in [0.15, 0.2) is 54.4 Å². The number of nitrogens with one attached hydrogen (secondary N) is 1. The number of carbonyl (C=O) groups excluding carboxylic acids is 3. The number of ether oxygens (including phenoxy) is 4. The molecular formula is C21H20N2O7. The normalized spacial score (nSPS) is 15.0. The summed E-state index contributed by atoms with van der Waals surface area (Å²) in [6.07, 6.45) is 2.65. The van der Waals surface area contributed by atoms with E-state index < -0.39 is 23.7 Å². The van der Waals surface area contributed by atoms with Gasteiger partial charge in [-0.25, -0.2) is 19.4 Å². The van der Waals surface area contributed by atoms with Gasteiger partial charge in [0.15, 0.2) is 5.57 Å². The van der Waals surface area contributed by atoms with Crippen molar-refractivity contribution in [2.24, 2.45) is 0 Å². The third-order valence-corrected chi connectivity index (χ3v) is 3.80. The number of anilines is 1. The molecule has 1 aromatic heterocycles. The Bertz CT molecular complexity index is 992. The number of benzene rings is 1. The first-order chi connectivity index (χ1) is 14.3. The van der Waals surface area contributed by atoms with E-state index in [1.165, 1.54) is 38.4 Å². The van der Waals surface area contributed by atoms with E-state index in [9.17, 15) is 14.4 Å². The SMILES string of the molecule is CCOC(=O)c1ccnc(Oc2cccc(NC=C3C(=O)OC(C)(C)OC3=O)c2)c1. The number of pyridine rings is 1. The summed E-state index contributed by atoms with van der Waals surface area (Å²) in [6.45, 7) is 4.93. The molecule has 2 heterocycles. The summed E-state index contributed by atoms with van der Waals surface area (Å²) in [6, 6.07) is 9.71. The fourth-order valence-corrected chi connectivity index (χ4v) is 2.51. The lowest BCUT2D eigenvalue weighted by atomic mass is 10.2. The zero-order valence-corrected chi connectivity index (χ0v) is 16.6. The smallest absolute Gasteiger partial charge is 0.350 e. The minimum atomic E-state index is -1.30. The van der Waals surface area contributed by atoms with Gasteiger partial charge in [0.1, 0.15) is 5.75 Å². The van der Waals surface area contributed by atoms with Crippen LogP contribution in [0, 0.1) is 0 Å². The van der Waals surface area contributed by atoms with Gasteiger partial charge < -0.3 is 24.3 Å². The lowest BCUT2D eigenvalue weighted by molar-refractivity contribution is -0.222. The maximum Gasteiger partial charge on any atom is 0.350 e. The fraction of sp³-hybridized carbons (Fsp3) is 0.238. The molecule has 0 atom stereocenters. The summed E-state index contributed by atoms with van der Waals surface area (Å²) in [5.74, 6) is -2.71. The van der Waals surface area contributed by atoms with Crippen LogP contribution in [-0.4, -0.2) is 35.3 Å². The number of aromatic nitrogens is 1. The zero-order chi connectivity index (χ0) is 21.7. The molecule has 0 radical (unpaired) electrons. The number of hydrogen-bond donors (Lipinski definition) is 1. The van der Waals surface area contributed by atoms with Gasteiger partial charge in [-0.15, -0.1) is 0 Å². The monoisotopic (exact) mass is 412 g/mol. The lowest BCUT2D eigenvalue weighted by Crippen LogP contribution is -2.42. The maximum atomic E-state index is 12.0. The Kier molecular flexibility index (Phi) is 6.01. The molecule has 0 spiro atoms. The minimum Gasteiger partial charge on any atom is -0.462 e. The number of carbonyl (C=O) groups is 3. The molecule has 156 valence electrons. The molecule has 1 aliphatic rings. The zero-order valence-electron chi connectivity index (χ0n) is 16.6. The van der Waals surface area contributed by atoms with Crippen LogP contribution in [0.1, 0.15) is 31.1 Å². The van der Waals surface area contributed by atoms with Gasteiger partial charge in [0.25, 0.3) is 5.79 Å². The predicted octanol–water partition coefficient (Wildman–Crippen LogP) is 3.18. The first-order valence-corrected chi connectivity index (χ1v) is 9.12. The van der Waals surface area contributed by atoms with E-state index in [-0.39, 0.29) is 18.1 Å². The first-order valence-electron chi connectivity index (χ1n) is 9.12. The second-order valence-electron chi connectivity index (χ2n) is 6.61. The van der Waals surface area contributed by atoms with Crippen molar-refractivity contribution in [3.05, 3.63) is 59.9 Å². The van der Waals surface area contributed by atoms with Gasteiger partial charge in [0, 0.05) is 44.1 Å². The van der Waals surface area contributed by atoms with Crippen LogP contribution in [0.25, 0.3) is 0 Å². The molecule has 0 bridgehead atoms. The highest BCUT2D eigenvalue weighted by Crippen LogP contribution is 2.25. The van der Waals surface area contributed by atoms with Crippen molar-refractivity contribution < 1.29 is 33.3 Å². The highest BCUT2D eigenvalue weighted by molar-refractivity contribution is 6.15. The average molecular weight is 412 g/mol. The average Bonchev–Trinajstić information content (AvgIpc) is 2.67. The van der Waals surface area contributed by atoms with Crippen LogP contribution in [0.3, 0.4) is 0 Å². The molecular weight excluding hydrogens is 392 g/mol. The van der Waals surface area contributed by atoms with Gasteiger partial charge in [-0.1, -0.05) is 6.07 Å². The Labute approximate surface area is 172 Å². The van der Waals surface area contributed by atoms with Gasteiger partial charge in [-0.2, -0.15) is 0 Å². The molecule has 1 fully saturated rings. The predicted molar refractivity (Wildman–Crippen MR) is 105 cm³/mol. The van der Waals surface area contributed by atoms with Crippen LogP contribution in [0.4, 0.5) is 5.69 Å². The molecule has 2 aromatic rings. The lowest BCUT2D eigenvalue weighted by Gasteiger charge is -2.29. The standard InChI is InChI=1S/C21H20N2O7/c1-4-27-18(24)13-8-9-22-17(10-13)28-15-7-5-6-14(11-15)23-12-16-19(25)29-21(2,3)30-20(16)26/h5-12,23H,4H2,1-3H3. The first kappa shape index (κ1) is 20.8. The van der Waals surface area contributed by atoms with E-state index in [1.807, 2.05) is 0 Å². The summed E-state index contributed by atoms with van der Waals surface area (Å²) < 4.78 is 20.7. The van der Waals surface area contributed by atoms with Gasteiger partial charge >= 0.3 is 17.9 Å². The van der Waals surface area contributed by atoms with Crippen LogP contribution in [0.2, 0.25) is 0 Å². The van der Waals surface area contributed by atoms with Gasteiger partial charge in [0.05, 0.1) is 12.2 Å². The number of nitrogens with zero attached hydrogens (tertiary/aromatic N) is 1. The van der Waals surface area contributed by atoms with E-state index in [4.69, 9.17) is 18.9 Å². The van der Waals surface area contributed by atoms with Crippen molar-refractivity contribution in [2.75, 3.05) is 11.9 Å². The van der Waals surface area contributed by atoms with Crippen LogP contribution < -0.4 is 10.1 Å². The Morgan fingerprint density at radius 2 is 1.90 bits per heavy atom. The van der Waals surface area contributed by atoms with Crippen LogP contribution in [-0.2, 0) is 23.8 Å². The van der Waals surface area contributed by atoms with Crippen molar-refractivity contribution in [2.45, 2.75) is 26.6 Å². The van der Waals surface area contributed by atoms with Gasteiger partial charge in [0.2, 0.25) is 5.88 Å². The summed E-state index contributed by atoms with van der Waals surface area (Å²) in [5.41, 5.74) is 0.592. The Balaban J connectivity index is 1.71. The molecule has 9 heteroatoms. The Hall–Kier alpha value is -3.88. The summed E-state index contributed by atoms with van der Waals surface area (Å²) in [4.78, 5) is 39.9. The van der Waals surface area contributed by atoms with E-state index in [2.05, 4.69) is 10.3 Å².